The predicted octanol–water partition coefficient (Wildman–Crippen LogP) is 1.25. The van der Waals surface area contributed by atoms with Crippen LogP contribution in [0.25, 0.3) is 0 Å². The average molecular weight is 88.1 g/mol. The molecule has 0 radical (unpaired) electrons. The summed E-state index contributed by atoms with van der Waals surface area (Å²) in [5.41, 5.74) is 0. The first-order valence-corrected chi connectivity index (χ1v) is 2.06. The SMILES string of the molecule is [2H]O/N=C/CCC. The smallest absolute Gasteiger partial charge is 0.330 e. The van der Waals surface area contributed by atoms with Gasteiger partial charge >= 0.3 is 1.43 Å². The Morgan fingerprint density at radius 1 is 2.17 bits per heavy atom. The largest absolute Gasteiger partial charge is 0.411 e. The molecular weight excluding hydrogens is 78.0 g/mol. The Morgan fingerprint density at radius 2 is 3.00 bits per heavy atom. The molecule has 0 aliphatic carbocycles. The number of oxime groups is 1. The van der Waals surface area contributed by atoms with E-state index in [2.05, 4.69) is 10.4 Å². The van der Waals surface area contributed by atoms with Crippen LogP contribution < -0.4 is 0 Å². The second kappa shape index (κ2) is 4.47. The second-order valence-corrected chi connectivity index (χ2v) is 1.08. The monoisotopic (exact) mass is 88.1 g/mol. The van der Waals surface area contributed by atoms with Crippen LogP contribution in [-0.4, -0.2) is 11.4 Å². The van der Waals surface area contributed by atoms with E-state index in [0.717, 1.165) is 12.8 Å². The van der Waals surface area contributed by atoms with Gasteiger partial charge in [-0.05, 0) is 6.42 Å². The van der Waals surface area contributed by atoms with Crippen LogP contribution in [0.3, 0.4) is 0 Å². The quantitative estimate of drug-likeness (QED) is 0.314. The van der Waals surface area contributed by atoms with Crippen LogP contribution in [-0.2, 0) is 0 Å². The molecule has 1 N–H and O–H groups in total. The molecule has 0 bridgehead atoms. The van der Waals surface area contributed by atoms with Gasteiger partial charge in [0.1, 0.15) is 0 Å². The van der Waals surface area contributed by atoms with Crippen molar-refractivity contribution >= 4 is 6.21 Å². The fourth-order valence-electron chi connectivity index (χ4n) is 0.182. The Kier molecular flexibility index (Phi) is 2.72. The third-order valence-corrected chi connectivity index (χ3v) is 0.492. The van der Waals surface area contributed by atoms with Gasteiger partial charge in [0.25, 0.3) is 0 Å². The van der Waals surface area contributed by atoms with Crippen LogP contribution in [0.5, 0.6) is 0 Å². The zero-order valence-corrected chi connectivity index (χ0v) is 3.85. The van der Waals surface area contributed by atoms with Gasteiger partial charge in [-0.1, -0.05) is 13.3 Å². The molecule has 6 heavy (non-hydrogen) atoms. The van der Waals surface area contributed by atoms with Gasteiger partial charge in [-0.15, -0.1) is 5.16 Å². The number of unbranched alkanes of at least 4 members (excludes halogenated alkanes) is 1. The van der Waals surface area contributed by atoms with Gasteiger partial charge in [-0.2, -0.15) is 0 Å². The zero-order valence-electron chi connectivity index (χ0n) is 4.85. The van der Waals surface area contributed by atoms with Gasteiger partial charge in [-0.3, -0.25) is 0 Å². The van der Waals surface area contributed by atoms with Crippen molar-refractivity contribution in [3.63, 3.8) is 0 Å². The predicted molar refractivity (Wildman–Crippen MR) is 25.2 cm³/mol. The Balaban J connectivity index is 2.78. The molecule has 0 aliphatic rings. The van der Waals surface area contributed by atoms with Crippen LogP contribution in [0.15, 0.2) is 5.16 Å². The first kappa shape index (κ1) is 3.65. The average Bonchev–Trinajstić information content (AvgIpc) is 1.69. The Hall–Kier alpha value is -0.530. The van der Waals surface area contributed by atoms with E-state index in [0.29, 0.717) is 0 Å². The lowest BCUT2D eigenvalue weighted by Crippen LogP contribution is -1.68. The van der Waals surface area contributed by atoms with E-state index in [1.54, 1.807) is 6.21 Å². The minimum Gasteiger partial charge on any atom is -0.411 e. The highest BCUT2D eigenvalue weighted by atomic mass is 16.4. The molecule has 0 amide bonds. The first-order valence-electron chi connectivity index (χ1n) is 2.46. The van der Waals surface area contributed by atoms with E-state index in [1.165, 1.54) is 0 Å². The normalized spacial score (nSPS) is 11.8. The van der Waals surface area contributed by atoms with Crippen molar-refractivity contribution in [3.05, 3.63) is 0 Å². The van der Waals surface area contributed by atoms with Crippen molar-refractivity contribution in [2.45, 2.75) is 19.8 Å². The van der Waals surface area contributed by atoms with Crippen molar-refractivity contribution in [2.24, 2.45) is 5.16 Å². The fraction of sp³-hybridized carbons (Fsp3) is 0.750. The van der Waals surface area contributed by atoms with Gasteiger partial charge in [0.2, 0.25) is 0 Å². The zero-order chi connectivity index (χ0) is 5.54. The molecule has 0 unspecified atom stereocenters. The van der Waals surface area contributed by atoms with E-state index in [1.807, 2.05) is 6.92 Å². The molecule has 0 fully saturated rings. The molecule has 0 spiro atoms. The van der Waals surface area contributed by atoms with Crippen molar-refractivity contribution in [3.8, 4) is 0 Å². The molecule has 0 aromatic carbocycles. The molecule has 0 saturated heterocycles. The second-order valence-electron chi connectivity index (χ2n) is 1.08. The Labute approximate surface area is 39.0 Å². The van der Waals surface area contributed by atoms with Crippen molar-refractivity contribution < 1.29 is 6.64 Å². The molecule has 2 nitrogen and oxygen atoms in total. The summed E-state index contributed by atoms with van der Waals surface area (Å²) in [6.45, 7) is 2.04. The Morgan fingerprint density at radius 3 is 3.50 bits per heavy atom. The summed E-state index contributed by atoms with van der Waals surface area (Å²) in [5, 5.41) is 6.87. The molecule has 0 atom stereocenters. The minimum atomic E-state index is 0.888. The van der Waals surface area contributed by atoms with Crippen LogP contribution in [0.4, 0.5) is 0 Å². The lowest BCUT2D eigenvalue weighted by atomic mass is 10.4. The van der Waals surface area contributed by atoms with Crippen LogP contribution in [0, 0.1) is 0 Å². The minimum absolute atomic E-state index is 0.888. The molecule has 0 saturated carbocycles. The molecule has 0 aromatic heterocycles. The van der Waals surface area contributed by atoms with E-state index in [-0.39, 0.29) is 0 Å². The van der Waals surface area contributed by atoms with Crippen LogP contribution in [0.2, 0.25) is 1.43 Å². The van der Waals surface area contributed by atoms with Gasteiger partial charge in [0.15, 0.2) is 0 Å². The van der Waals surface area contributed by atoms with Gasteiger partial charge in [-0.25, -0.2) is 0 Å². The topological polar surface area (TPSA) is 32.6 Å². The van der Waals surface area contributed by atoms with Crippen molar-refractivity contribution in [1.29, 1.82) is 0 Å². The highest BCUT2D eigenvalue weighted by molar-refractivity contribution is 5.55. The van der Waals surface area contributed by atoms with Crippen molar-refractivity contribution in [2.75, 3.05) is 0 Å². The maximum absolute atomic E-state index is 6.08. The van der Waals surface area contributed by atoms with Gasteiger partial charge in [0, 0.05) is 6.21 Å². The van der Waals surface area contributed by atoms with E-state index in [4.69, 9.17) is 1.43 Å². The summed E-state index contributed by atoms with van der Waals surface area (Å²) < 4.78 is 6.08. The third-order valence-electron chi connectivity index (χ3n) is 0.492. The Bertz CT molecular complexity index is 55.7. The maximum atomic E-state index is 6.08. The molecule has 0 aromatic rings. The number of rotatable bonds is 3. The standard InChI is InChI=1S/C4H9NO/c1-2-3-4-5-6/h4,6H,2-3H2,1H3/b5-4+/i/hD. The number of hydrogen-bond donors (Lipinski definition) is 1. The summed E-state index contributed by atoms with van der Waals surface area (Å²) in [7, 11) is 0. The number of hydrogen-bond acceptors (Lipinski definition) is 2. The summed E-state index contributed by atoms with van der Waals surface area (Å²) >= 11 is 0. The van der Waals surface area contributed by atoms with Gasteiger partial charge < -0.3 is 5.21 Å². The van der Waals surface area contributed by atoms with Crippen LogP contribution >= 0.6 is 0 Å². The maximum Gasteiger partial charge on any atom is 0.330 e. The first-order chi connectivity index (χ1) is 3.41. The van der Waals surface area contributed by atoms with E-state index < -0.39 is 0 Å². The molecule has 2 heteroatoms. The van der Waals surface area contributed by atoms with Crippen molar-refractivity contribution in [1.82, 2.24) is 0 Å². The van der Waals surface area contributed by atoms with E-state index >= 15 is 0 Å². The molecule has 36 valence electrons. The van der Waals surface area contributed by atoms with E-state index in [9.17, 15) is 0 Å². The summed E-state index contributed by atoms with van der Waals surface area (Å²) in [6.07, 6.45) is 3.51. The van der Waals surface area contributed by atoms with Crippen LogP contribution in [0.1, 0.15) is 19.8 Å². The highest BCUT2D eigenvalue weighted by Crippen LogP contribution is 1.77. The highest BCUT2D eigenvalue weighted by Gasteiger charge is 1.67. The molecule has 0 rings (SSSR count). The molecule has 0 heterocycles. The molecular formula is C4H9NO. The van der Waals surface area contributed by atoms with Gasteiger partial charge in [0.05, 0.1) is 0 Å². The fourth-order valence-corrected chi connectivity index (χ4v) is 0.182. The number of nitrogens with zero attached hydrogens (tertiary/aromatic N) is 1. The summed E-state index contributed by atoms with van der Waals surface area (Å²) in [5.74, 6) is 0. The lowest BCUT2D eigenvalue weighted by Gasteiger charge is -1.74. The third kappa shape index (κ3) is 3.47. The lowest BCUT2D eigenvalue weighted by molar-refractivity contribution is 0.320. The summed E-state index contributed by atoms with van der Waals surface area (Å²) in [4.78, 5) is 0. The summed E-state index contributed by atoms with van der Waals surface area (Å²) in [6, 6.07) is 0. The molecule has 0 aliphatic heterocycles.